The number of hydrogen-bond acceptors (Lipinski definition) is 4. The van der Waals surface area contributed by atoms with E-state index in [1.54, 1.807) is 0 Å². The third-order valence-corrected chi connectivity index (χ3v) is 5.87. The maximum Gasteiger partial charge on any atom is 0.0838 e. The van der Waals surface area contributed by atoms with Crippen LogP contribution in [0.15, 0.2) is 23.1 Å². The highest BCUT2D eigenvalue weighted by Crippen LogP contribution is 2.33. The molecule has 1 saturated heterocycles. The van der Waals surface area contributed by atoms with Crippen LogP contribution in [0.2, 0.25) is 0 Å². The summed E-state index contributed by atoms with van der Waals surface area (Å²) in [4.78, 5) is 3.70. The summed E-state index contributed by atoms with van der Waals surface area (Å²) in [6.07, 6.45) is -0.389. The van der Waals surface area contributed by atoms with Crippen LogP contribution in [0, 0.1) is 18.8 Å². The number of nitrogens with zero attached hydrogens (tertiary/aromatic N) is 1. The summed E-state index contributed by atoms with van der Waals surface area (Å²) in [5.74, 6) is 1.99. The van der Waals surface area contributed by atoms with E-state index in [0.29, 0.717) is 5.92 Å². The Kier molecular flexibility index (Phi) is 7.41. The van der Waals surface area contributed by atoms with Gasteiger partial charge in [0, 0.05) is 43.4 Å². The first kappa shape index (κ1) is 18.8. The van der Waals surface area contributed by atoms with Crippen LogP contribution < -0.4 is 5.32 Å². The van der Waals surface area contributed by atoms with Gasteiger partial charge in [0.05, 0.1) is 6.10 Å². The van der Waals surface area contributed by atoms with E-state index in [1.165, 1.54) is 10.5 Å². The Hall–Kier alpha value is -0.550. The molecular weight excluding hydrogens is 304 g/mol. The molecule has 23 heavy (non-hydrogen) atoms. The topological polar surface area (TPSA) is 35.5 Å². The van der Waals surface area contributed by atoms with Gasteiger partial charge in [-0.2, -0.15) is 0 Å². The van der Waals surface area contributed by atoms with Crippen LogP contribution in [0.3, 0.4) is 0 Å². The molecular formula is C19H32N2OS. The Bertz CT molecular complexity index is 486. The van der Waals surface area contributed by atoms with Gasteiger partial charge in [-0.05, 0) is 30.4 Å². The number of nitrogens with one attached hydrogen (secondary N) is 1. The molecule has 130 valence electrons. The van der Waals surface area contributed by atoms with Gasteiger partial charge in [0.15, 0.2) is 0 Å². The van der Waals surface area contributed by atoms with Gasteiger partial charge < -0.3 is 15.3 Å². The molecule has 0 aliphatic carbocycles. The number of aliphatic hydroxyl groups is 1. The van der Waals surface area contributed by atoms with Crippen LogP contribution >= 0.6 is 11.8 Å². The first-order valence-electron chi connectivity index (χ1n) is 8.82. The zero-order chi connectivity index (χ0) is 16.8. The predicted molar refractivity (Wildman–Crippen MR) is 100 cm³/mol. The first-order valence-corrected chi connectivity index (χ1v) is 9.80. The average molecular weight is 337 g/mol. The molecule has 2 atom stereocenters. The SMILES string of the molecule is Cc1ccc(SCC(C)C)c(C(O)C(C)CN2CCNCC2)c1. The molecule has 1 heterocycles. The minimum absolute atomic E-state index is 0.244. The minimum Gasteiger partial charge on any atom is -0.388 e. The molecule has 2 unspecified atom stereocenters. The van der Waals surface area contributed by atoms with E-state index < -0.39 is 0 Å². The van der Waals surface area contributed by atoms with E-state index in [-0.39, 0.29) is 12.0 Å². The van der Waals surface area contributed by atoms with E-state index >= 15 is 0 Å². The van der Waals surface area contributed by atoms with Crippen LogP contribution in [-0.4, -0.2) is 48.5 Å². The largest absolute Gasteiger partial charge is 0.388 e. The zero-order valence-corrected chi connectivity index (χ0v) is 15.8. The fourth-order valence-corrected chi connectivity index (χ4v) is 4.02. The van der Waals surface area contributed by atoms with Crippen LogP contribution in [0.4, 0.5) is 0 Å². The second-order valence-corrected chi connectivity index (χ2v) is 8.28. The van der Waals surface area contributed by atoms with Gasteiger partial charge in [0.1, 0.15) is 0 Å². The Morgan fingerprint density at radius 1 is 1.22 bits per heavy atom. The molecule has 2 N–H and O–H groups in total. The second kappa shape index (κ2) is 9.07. The van der Waals surface area contributed by atoms with Crippen molar-refractivity contribution in [3.8, 4) is 0 Å². The van der Waals surface area contributed by atoms with Gasteiger partial charge in [-0.3, -0.25) is 0 Å². The molecule has 1 aromatic carbocycles. The third kappa shape index (κ3) is 5.79. The van der Waals surface area contributed by atoms with Crippen molar-refractivity contribution in [2.45, 2.75) is 38.7 Å². The third-order valence-electron chi connectivity index (χ3n) is 4.35. The average Bonchev–Trinajstić information content (AvgIpc) is 2.53. The lowest BCUT2D eigenvalue weighted by molar-refractivity contribution is 0.0823. The quantitative estimate of drug-likeness (QED) is 0.749. The Morgan fingerprint density at radius 2 is 1.91 bits per heavy atom. The van der Waals surface area contributed by atoms with Crippen molar-refractivity contribution in [1.29, 1.82) is 0 Å². The molecule has 0 radical (unpaired) electrons. The van der Waals surface area contributed by atoms with E-state index in [2.05, 4.69) is 56.1 Å². The molecule has 0 aromatic heterocycles. The van der Waals surface area contributed by atoms with Crippen molar-refractivity contribution in [2.24, 2.45) is 11.8 Å². The van der Waals surface area contributed by atoms with E-state index in [4.69, 9.17) is 0 Å². The first-order chi connectivity index (χ1) is 11.0. The molecule has 2 rings (SSSR count). The Balaban J connectivity index is 2.06. The zero-order valence-electron chi connectivity index (χ0n) is 15.0. The molecule has 1 fully saturated rings. The number of piperazine rings is 1. The maximum atomic E-state index is 10.9. The fraction of sp³-hybridized carbons (Fsp3) is 0.684. The highest BCUT2D eigenvalue weighted by atomic mass is 32.2. The normalized spacial score (nSPS) is 19.0. The lowest BCUT2D eigenvalue weighted by Gasteiger charge is -2.32. The molecule has 1 aliphatic heterocycles. The van der Waals surface area contributed by atoms with Crippen molar-refractivity contribution in [3.05, 3.63) is 29.3 Å². The van der Waals surface area contributed by atoms with Gasteiger partial charge in [-0.1, -0.05) is 38.5 Å². The smallest absolute Gasteiger partial charge is 0.0838 e. The summed E-state index contributed by atoms with van der Waals surface area (Å²) in [6, 6.07) is 6.50. The molecule has 3 nitrogen and oxygen atoms in total. The molecule has 0 amide bonds. The molecule has 1 aliphatic rings. The standard InChI is InChI=1S/C19H32N2OS/c1-14(2)13-23-18-6-5-15(3)11-17(18)19(22)16(4)12-21-9-7-20-8-10-21/h5-6,11,14,16,19-20,22H,7-10,12-13H2,1-4H3. The highest BCUT2D eigenvalue weighted by Gasteiger charge is 2.23. The van der Waals surface area contributed by atoms with Crippen LogP contribution in [0.25, 0.3) is 0 Å². The predicted octanol–water partition coefficient (Wildman–Crippen LogP) is 3.32. The van der Waals surface area contributed by atoms with Crippen molar-refractivity contribution in [3.63, 3.8) is 0 Å². The van der Waals surface area contributed by atoms with Crippen LogP contribution in [-0.2, 0) is 0 Å². The number of rotatable bonds is 7. The van der Waals surface area contributed by atoms with Gasteiger partial charge in [0.2, 0.25) is 0 Å². The summed E-state index contributed by atoms with van der Waals surface area (Å²) in [5.41, 5.74) is 2.33. The van der Waals surface area contributed by atoms with E-state index in [1.807, 2.05) is 11.8 Å². The lowest BCUT2D eigenvalue weighted by atomic mass is 9.95. The molecule has 4 heteroatoms. The van der Waals surface area contributed by atoms with Gasteiger partial charge >= 0.3 is 0 Å². The van der Waals surface area contributed by atoms with E-state index in [9.17, 15) is 5.11 Å². The minimum atomic E-state index is -0.389. The monoisotopic (exact) mass is 336 g/mol. The Labute approximate surface area is 145 Å². The highest BCUT2D eigenvalue weighted by molar-refractivity contribution is 7.99. The van der Waals surface area contributed by atoms with Crippen LogP contribution in [0.1, 0.15) is 38.0 Å². The summed E-state index contributed by atoms with van der Waals surface area (Å²) < 4.78 is 0. The van der Waals surface area contributed by atoms with Crippen LogP contribution in [0.5, 0.6) is 0 Å². The molecule has 0 spiro atoms. The number of aliphatic hydroxyl groups excluding tert-OH is 1. The van der Waals surface area contributed by atoms with E-state index in [0.717, 1.165) is 44.0 Å². The summed E-state index contributed by atoms with van der Waals surface area (Å²) in [7, 11) is 0. The van der Waals surface area contributed by atoms with Crippen molar-refractivity contribution < 1.29 is 5.11 Å². The lowest BCUT2D eigenvalue weighted by Crippen LogP contribution is -2.45. The van der Waals surface area contributed by atoms with Crippen molar-refractivity contribution >= 4 is 11.8 Å². The number of hydrogen-bond donors (Lipinski definition) is 2. The van der Waals surface area contributed by atoms with Gasteiger partial charge in [-0.15, -0.1) is 11.8 Å². The summed E-state index contributed by atoms with van der Waals surface area (Å²) in [6.45, 7) is 14.0. The number of thioether (sulfide) groups is 1. The number of benzene rings is 1. The summed E-state index contributed by atoms with van der Waals surface area (Å²) >= 11 is 1.87. The maximum absolute atomic E-state index is 10.9. The molecule has 0 bridgehead atoms. The molecule has 0 saturated carbocycles. The van der Waals surface area contributed by atoms with Crippen molar-refractivity contribution in [1.82, 2.24) is 10.2 Å². The Morgan fingerprint density at radius 3 is 2.57 bits per heavy atom. The second-order valence-electron chi connectivity index (χ2n) is 7.22. The van der Waals surface area contributed by atoms with Gasteiger partial charge in [0.25, 0.3) is 0 Å². The van der Waals surface area contributed by atoms with Gasteiger partial charge in [-0.25, -0.2) is 0 Å². The van der Waals surface area contributed by atoms with Crippen molar-refractivity contribution in [2.75, 3.05) is 38.5 Å². The fourth-order valence-electron chi connectivity index (χ4n) is 2.99. The molecule has 1 aromatic rings. The number of aryl methyl sites for hydroxylation is 1. The summed E-state index contributed by atoms with van der Waals surface area (Å²) in [5, 5.41) is 14.3.